The van der Waals surface area contributed by atoms with Crippen LogP contribution in [0.5, 0.6) is 11.5 Å². The molecule has 0 atom stereocenters. The first-order chi connectivity index (χ1) is 10.2. The van der Waals surface area contributed by atoms with Gasteiger partial charge in [-0.05, 0) is 17.7 Å². The number of guanidine groups is 1. The van der Waals surface area contributed by atoms with Gasteiger partial charge >= 0.3 is 0 Å². The van der Waals surface area contributed by atoms with Crippen molar-refractivity contribution < 1.29 is 14.2 Å². The van der Waals surface area contributed by atoms with E-state index in [9.17, 15) is 0 Å². The number of hydrogen-bond acceptors (Lipinski definition) is 4. The molecule has 0 spiro atoms. The minimum Gasteiger partial charge on any atom is -0.486 e. The number of aliphatic imine (C=N–C) groups is 1. The van der Waals surface area contributed by atoms with Crippen LogP contribution in [0.1, 0.15) is 5.56 Å². The molecule has 22 heavy (non-hydrogen) atoms. The summed E-state index contributed by atoms with van der Waals surface area (Å²) in [4.78, 5) is 4.13. The van der Waals surface area contributed by atoms with Crippen LogP contribution in [0.3, 0.4) is 0 Å². The van der Waals surface area contributed by atoms with Crippen LogP contribution in [0.15, 0.2) is 17.1 Å². The van der Waals surface area contributed by atoms with Crippen molar-refractivity contribution in [2.75, 3.05) is 40.5 Å². The van der Waals surface area contributed by atoms with Gasteiger partial charge in [0.15, 0.2) is 17.5 Å². The third-order valence-corrected chi connectivity index (χ3v) is 3.22. The van der Waals surface area contributed by atoms with Crippen molar-refractivity contribution in [3.05, 3.63) is 22.7 Å². The third kappa shape index (κ3) is 5.36. The van der Waals surface area contributed by atoms with Gasteiger partial charge in [-0.1, -0.05) is 11.6 Å². The zero-order valence-electron chi connectivity index (χ0n) is 12.6. The van der Waals surface area contributed by atoms with Crippen molar-refractivity contribution in [2.45, 2.75) is 6.54 Å². The molecule has 1 aromatic carbocycles. The van der Waals surface area contributed by atoms with E-state index in [0.29, 0.717) is 55.4 Å². The van der Waals surface area contributed by atoms with Gasteiger partial charge in [0, 0.05) is 27.2 Å². The van der Waals surface area contributed by atoms with E-state index in [0.717, 1.165) is 5.56 Å². The topological polar surface area (TPSA) is 64.1 Å². The molecule has 1 aromatic rings. The van der Waals surface area contributed by atoms with Crippen molar-refractivity contribution in [3.8, 4) is 11.5 Å². The van der Waals surface area contributed by atoms with E-state index in [4.69, 9.17) is 25.8 Å². The summed E-state index contributed by atoms with van der Waals surface area (Å²) in [5.41, 5.74) is 0.999. The van der Waals surface area contributed by atoms with Gasteiger partial charge in [0.2, 0.25) is 0 Å². The Balaban J connectivity index is 0.00000242. The molecule has 0 unspecified atom stereocenters. The summed E-state index contributed by atoms with van der Waals surface area (Å²) in [6.45, 7) is 2.97. The van der Waals surface area contributed by atoms with Gasteiger partial charge in [-0.2, -0.15) is 0 Å². The summed E-state index contributed by atoms with van der Waals surface area (Å²) >= 11 is 6.20. The largest absolute Gasteiger partial charge is 0.486 e. The molecule has 8 heteroatoms. The Hall–Kier alpha value is -0.930. The maximum Gasteiger partial charge on any atom is 0.191 e. The lowest BCUT2D eigenvalue weighted by Gasteiger charge is -2.20. The molecule has 0 radical (unpaired) electrons. The molecular weight excluding hydrogens is 421 g/mol. The van der Waals surface area contributed by atoms with Crippen LogP contribution in [0, 0.1) is 0 Å². The van der Waals surface area contributed by atoms with Crippen LogP contribution >= 0.6 is 35.6 Å². The molecule has 2 rings (SSSR count). The summed E-state index contributed by atoms with van der Waals surface area (Å²) in [5.74, 6) is 2.01. The van der Waals surface area contributed by atoms with Crippen molar-refractivity contribution in [1.29, 1.82) is 0 Å². The fraction of sp³-hybridized carbons (Fsp3) is 0.500. The van der Waals surface area contributed by atoms with Crippen LogP contribution < -0.4 is 20.1 Å². The molecule has 0 saturated carbocycles. The van der Waals surface area contributed by atoms with Crippen LogP contribution in [-0.2, 0) is 11.3 Å². The highest BCUT2D eigenvalue weighted by molar-refractivity contribution is 14.0. The van der Waals surface area contributed by atoms with Crippen molar-refractivity contribution >= 4 is 41.5 Å². The second-order valence-electron chi connectivity index (χ2n) is 4.45. The van der Waals surface area contributed by atoms with Crippen molar-refractivity contribution in [1.82, 2.24) is 10.6 Å². The summed E-state index contributed by atoms with van der Waals surface area (Å²) in [6, 6.07) is 3.79. The lowest BCUT2D eigenvalue weighted by atomic mass is 10.2. The summed E-state index contributed by atoms with van der Waals surface area (Å²) in [7, 11) is 3.38. The first-order valence-corrected chi connectivity index (χ1v) is 7.14. The highest BCUT2D eigenvalue weighted by atomic mass is 127. The summed E-state index contributed by atoms with van der Waals surface area (Å²) in [5, 5.41) is 6.91. The van der Waals surface area contributed by atoms with E-state index in [2.05, 4.69) is 15.6 Å². The van der Waals surface area contributed by atoms with Gasteiger partial charge in [-0.25, -0.2) is 0 Å². The fourth-order valence-electron chi connectivity index (χ4n) is 1.94. The second-order valence-corrected chi connectivity index (χ2v) is 4.85. The number of nitrogens with zero attached hydrogens (tertiary/aromatic N) is 1. The van der Waals surface area contributed by atoms with E-state index in [1.807, 2.05) is 12.1 Å². The van der Waals surface area contributed by atoms with Crippen molar-refractivity contribution in [2.24, 2.45) is 4.99 Å². The standard InChI is InChI=1S/C14H20ClN3O3.HI/c1-16-14(17-3-4-19-2)18-9-10-7-11(15)13-12(8-10)20-5-6-21-13;/h7-8H,3-6,9H2,1-2H3,(H2,16,17,18);1H. The average molecular weight is 442 g/mol. The van der Waals surface area contributed by atoms with Gasteiger partial charge in [0.1, 0.15) is 13.2 Å². The smallest absolute Gasteiger partial charge is 0.191 e. The summed E-state index contributed by atoms with van der Waals surface area (Å²) in [6.07, 6.45) is 0. The Labute approximate surface area is 152 Å². The van der Waals surface area contributed by atoms with Crippen LogP contribution in [-0.4, -0.2) is 46.5 Å². The lowest BCUT2D eigenvalue weighted by Crippen LogP contribution is -2.38. The molecular formula is C14H21ClIN3O3. The van der Waals surface area contributed by atoms with Crippen LogP contribution in [0.2, 0.25) is 5.02 Å². The molecule has 0 amide bonds. The van der Waals surface area contributed by atoms with Gasteiger partial charge < -0.3 is 24.8 Å². The Morgan fingerprint density at radius 2 is 2.09 bits per heavy atom. The molecule has 124 valence electrons. The molecule has 1 aliphatic heterocycles. The molecule has 0 fully saturated rings. The Morgan fingerprint density at radius 1 is 1.32 bits per heavy atom. The zero-order valence-corrected chi connectivity index (χ0v) is 15.7. The van der Waals surface area contributed by atoms with E-state index in [1.54, 1.807) is 14.2 Å². The van der Waals surface area contributed by atoms with E-state index in [1.165, 1.54) is 0 Å². The van der Waals surface area contributed by atoms with Crippen molar-refractivity contribution in [3.63, 3.8) is 0 Å². The molecule has 1 aliphatic rings. The predicted molar refractivity (Wildman–Crippen MR) is 97.9 cm³/mol. The molecule has 0 saturated heterocycles. The number of rotatable bonds is 5. The van der Waals surface area contributed by atoms with Crippen LogP contribution in [0.25, 0.3) is 0 Å². The Kier molecular flexibility index (Phi) is 8.66. The SMILES string of the molecule is CN=C(NCCOC)NCc1cc(Cl)c2c(c1)OCCO2.I. The number of nitrogens with one attached hydrogen (secondary N) is 2. The maximum absolute atomic E-state index is 6.20. The highest BCUT2D eigenvalue weighted by Gasteiger charge is 2.16. The molecule has 1 heterocycles. The first kappa shape index (κ1) is 19.1. The van der Waals surface area contributed by atoms with Gasteiger partial charge in [0.05, 0.1) is 11.6 Å². The fourth-order valence-corrected chi connectivity index (χ4v) is 2.23. The quantitative estimate of drug-likeness (QED) is 0.317. The normalized spacial score (nSPS) is 13.3. The number of methoxy groups -OCH3 is 1. The minimum absolute atomic E-state index is 0. The number of halogens is 2. The molecule has 2 N–H and O–H groups in total. The van der Waals surface area contributed by atoms with Gasteiger partial charge in [-0.15, -0.1) is 24.0 Å². The molecule has 0 aliphatic carbocycles. The van der Waals surface area contributed by atoms with E-state index >= 15 is 0 Å². The number of ether oxygens (including phenoxy) is 3. The maximum atomic E-state index is 6.20. The molecule has 0 bridgehead atoms. The number of hydrogen-bond donors (Lipinski definition) is 2. The molecule has 6 nitrogen and oxygen atoms in total. The van der Waals surface area contributed by atoms with Gasteiger partial charge in [0.25, 0.3) is 0 Å². The monoisotopic (exact) mass is 441 g/mol. The second kappa shape index (κ2) is 9.96. The number of benzene rings is 1. The Morgan fingerprint density at radius 3 is 2.82 bits per heavy atom. The van der Waals surface area contributed by atoms with Gasteiger partial charge in [-0.3, -0.25) is 4.99 Å². The minimum atomic E-state index is 0. The summed E-state index contributed by atoms with van der Waals surface area (Å²) < 4.78 is 16.0. The van der Waals surface area contributed by atoms with E-state index in [-0.39, 0.29) is 24.0 Å². The first-order valence-electron chi connectivity index (χ1n) is 6.76. The number of fused-ring (bicyclic) bond motifs is 1. The third-order valence-electron chi connectivity index (χ3n) is 2.94. The van der Waals surface area contributed by atoms with E-state index < -0.39 is 0 Å². The van der Waals surface area contributed by atoms with Crippen LogP contribution in [0.4, 0.5) is 0 Å². The highest BCUT2D eigenvalue weighted by Crippen LogP contribution is 2.38. The Bertz CT molecular complexity index is 514. The zero-order chi connectivity index (χ0) is 15.1. The lowest BCUT2D eigenvalue weighted by molar-refractivity contribution is 0.171. The average Bonchev–Trinajstić information content (AvgIpc) is 2.51. The predicted octanol–water partition coefficient (Wildman–Crippen LogP) is 2.04. The molecule has 0 aromatic heterocycles.